The molecule has 4 heterocycles. The lowest BCUT2D eigenvalue weighted by molar-refractivity contribution is 0.979. The van der Waals surface area contributed by atoms with Gasteiger partial charge >= 0.3 is 0 Å². The fraction of sp³-hybridized carbons (Fsp3) is 0. The van der Waals surface area contributed by atoms with Crippen LogP contribution in [0.4, 0.5) is 0 Å². The van der Waals surface area contributed by atoms with Crippen molar-refractivity contribution in [3.8, 4) is 73.2 Å². The lowest BCUT2D eigenvalue weighted by atomic mass is 9.95. The first-order chi connectivity index (χ1) is 30.8. The molecule has 0 fully saturated rings. The lowest BCUT2D eigenvalue weighted by Gasteiger charge is -2.13. The number of nitrogens with zero attached hydrogens (tertiary/aromatic N) is 5. The Morgan fingerprint density at radius 2 is 0.952 bits per heavy atom. The second-order valence-corrected chi connectivity index (χ2v) is 15.6. The van der Waals surface area contributed by atoms with E-state index in [1.54, 1.807) is 0 Å². The maximum atomic E-state index is 5.47. The molecule has 0 aliphatic rings. The van der Waals surface area contributed by atoms with Gasteiger partial charge in [0.1, 0.15) is 5.69 Å². The molecule has 0 aliphatic heterocycles. The van der Waals surface area contributed by atoms with Crippen molar-refractivity contribution in [2.24, 2.45) is 0 Å². The van der Waals surface area contributed by atoms with Crippen molar-refractivity contribution in [1.29, 1.82) is 0 Å². The number of hydrogen-bond acceptors (Lipinski definition) is 3. The van der Waals surface area contributed by atoms with Crippen molar-refractivity contribution >= 4 is 38.1 Å². The molecule has 0 radical (unpaired) electrons. The molecule has 0 saturated heterocycles. The largest absolute Gasteiger partial charge is 0.309 e. The summed E-state index contributed by atoms with van der Waals surface area (Å²) in [4.78, 5) is 10.8. The van der Waals surface area contributed by atoms with Gasteiger partial charge in [-0.1, -0.05) is 182 Å². The van der Waals surface area contributed by atoms with Crippen LogP contribution >= 0.6 is 0 Å². The number of pyridine rings is 1. The van der Waals surface area contributed by atoms with Crippen LogP contribution in [0.3, 0.4) is 0 Å². The van der Waals surface area contributed by atoms with E-state index in [0.717, 1.165) is 106 Å². The van der Waals surface area contributed by atoms with Gasteiger partial charge in [0.15, 0.2) is 5.82 Å². The van der Waals surface area contributed by atoms with Gasteiger partial charge in [-0.15, -0.1) is 0 Å². The maximum Gasteiger partial charge on any atom is 0.161 e. The summed E-state index contributed by atoms with van der Waals surface area (Å²) >= 11 is 0. The molecule has 0 atom stereocenters. The van der Waals surface area contributed by atoms with Gasteiger partial charge in [-0.05, 0) is 53.4 Å². The first kappa shape index (κ1) is 35.5. The summed E-state index contributed by atoms with van der Waals surface area (Å²) < 4.78 is 4.48. The molecular weight excluding hydrogens is 755 g/mol. The van der Waals surface area contributed by atoms with E-state index in [1.165, 1.54) is 0 Å². The van der Waals surface area contributed by atoms with Crippen LogP contribution in [0.25, 0.3) is 111 Å². The summed E-state index contributed by atoms with van der Waals surface area (Å²) in [5.74, 6) is 0.674. The van der Waals surface area contributed by atoms with Crippen LogP contribution in [-0.4, -0.2) is 24.1 Å². The highest BCUT2D eigenvalue weighted by Gasteiger charge is 2.23. The zero-order chi connectivity index (χ0) is 41.0. The molecule has 12 rings (SSSR count). The molecule has 8 aromatic carbocycles. The van der Waals surface area contributed by atoms with Gasteiger partial charge in [0.2, 0.25) is 0 Å². The molecule has 5 nitrogen and oxygen atoms in total. The molecule has 0 aliphatic carbocycles. The average Bonchev–Trinajstić information content (AvgIpc) is 3.92. The van der Waals surface area contributed by atoms with E-state index in [9.17, 15) is 0 Å². The quantitative estimate of drug-likeness (QED) is 0.162. The number of para-hydroxylation sites is 2. The van der Waals surface area contributed by atoms with E-state index in [0.29, 0.717) is 5.82 Å². The fourth-order valence-corrected chi connectivity index (χ4v) is 9.14. The standard InChI is InChI=1S/C57H37N5/c1-5-19-38(20-6-1)48-37-49(59-57(58-48)47-32-18-34-51-54(47)46-31-15-16-33-50(46)61(51)44-28-11-4-12-29-44)42-26-17-27-43(35-42)53-55(40-23-9-3-10-24-40)60-62-52(39-21-7-2-8-22-39)36-41-25-13-14-30-45(41)56(53)62/h1-37H. The molecule has 62 heavy (non-hydrogen) atoms. The minimum Gasteiger partial charge on any atom is -0.309 e. The Bertz CT molecular complexity index is 3610. The fourth-order valence-electron chi connectivity index (χ4n) is 9.14. The molecule has 290 valence electrons. The molecule has 0 amide bonds. The molecule has 0 unspecified atom stereocenters. The van der Waals surface area contributed by atoms with E-state index in [-0.39, 0.29) is 0 Å². The maximum absolute atomic E-state index is 5.47. The van der Waals surface area contributed by atoms with Crippen LogP contribution in [0, 0.1) is 0 Å². The predicted octanol–water partition coefficient (Wildman–Crippen LogP) is 14.4. The van der Waals surface area contributed by atoms with E-state index in [1.807, 2.05) is 6.07 Å². The van der Waals surface area contributed by atoms with Crippen LogP contribution in [0.15, 0.2) is 224 Å². The van der Waals surface area contributed by atoms with Crippen LogP contribution in [0.1, 0.15) is 0 Å². The third-order valence-electron chi connectivity index (χ3n) is 11.9. The van der Waals surface area contributed by atoms with Crippen molar-refractivity contribution in [3.05, 3.63) is 224 Å². The highest BCUT2D eigenvalue weighted by molar-refractivity contribution is 6.15. The first-order valence-corrected chi connectivity index (χ1v) is 21.0. The number of fused-ring (bicyclic) bond motifs is 6. The van der Waals surface area contributed by atoms with E-state index in [4.69, 9.17) is 15.1 Å². The molecular formula is C57H37N5. The molecule has 0 saturated carbocycles. The smallest absolute Gasteiger partial charge is 0.161 e. The number of aromatic nitrogens is 5. The van der Waals surface area contributed by atoms with Gasteiger partial charge in [-0.25, -0.2) is 14.5 Å². The van der Waals surface area contributed by atoms with Gasteiger partial charge in [0.05, 0.1) is 33.6 Å². The van der Waals surface area contributed by atoms with Gasteiger partial charge in [-0.2, -0.15) is 5.10 Å². The van der Waals surface area contributed by atoms with E-state index >= 15 is 0 Å². The normalized spacial score (nSPS) is 11.5. The summed E-state index contributed by atoms with van der Waals surface area (Å²) in [6, 6.07) is 79.0. The van der Waals surface area contributed by atoms with Crippen LogP contribution in [0.2, 0.25) is 0 Å². The summed E-state index contributed by atoms with van der Waals surface area (Å²) in [7, 11) is 0. The molecule has 5 heteroatoms. The average molecular weight is 792 g/mol. The third-order valence-corrected chi connectivity index (χ3v) is 11.9. The van der Waals surface area contributed by atoms with Crippen molar-refractivity contribution in [1.82, 2.24) is 24.1 Å². The number of rotatable bonds is 7. The monoisotopic (exact) mass is 791 g/mol. The minimum absolute atomic E-state index is 0.674. The van der Waals surface area contributed by atoms with Crippen molar-refractivity contribution in [3.63, 3.8) is 0 Å². The summed E-state index contributed by atoms with van der Waals surface area (Å²) in [6.45, 7) is 0. The number of hydrogen-bond donors (Lipinski definition) is 0. The van der Waals surface area contributed by atoms with Gasteiger partial charge in [0, 0.05) is 55.2 Å². The highest BCUT2D eigenvalue weighted by Crippen LogP contribution is 2.43. The zero-order valence-corrected chi connectivity index (χ0v) is 33.6. The second-order valence-electron chi connectivity index (χ2n) is 15.6. The highest BCUT2D eigenvalue weighted by atomic mass is 15.2. The van der Waals surface area contributed by atoms with E-state index in [2.05, 4.69) is 227 Å². The van der Waals surface area contributed by atoms with Crippen LogP contribution in [-0.2, 0) is 0 Å². The Balaban J connectivity index is 1.11. The first-order valence-electron chi connectivity index (χ1n) is 21.0. The Hall–Kier alpha value is -8.41. The Labute approximate surface area is 358 Å². The summed E-state index contributed by atoms with van der Waals surface area (Å²) in [5.41, 5.74) is 15.4. The van der Waals surface area contributed by atoms with Crippen LogP contribution < -0.4 is 0 Å². The van der Waals surface area contributed by atoms with Crippen molar-refractivity contribution in [2.75, 3.05) is 0 Å². The molecule has 4 aromatic heterocycles. The van der Waals surface area contributed by atoms with Gasteiger partial charge in [-0.3, -0.25) is 0 Å². The third kappa shape index (κ3) is 5.90. The van der Waals surface area contributed by atoms with Crippen molar-refractivity contribution in [2.45, 2.75) is 0 Å². The molecule has 0 bridgehead atoms. The molecule has 0 spiro atoms. The minimum atomic E-state index is 0.674. The van der Waals surface area contributed by atoms with Gasteiger partial charge in [0.25, 0.3) is 0 Å². The predicted molar refractivity (Wildman–Crippen MR) is 255 cm³/mol. The van der Waals surface area contributed by atoms with Crippen molar-refractivity contribution < 1.29 is 0 Å². The molecule has 0 N–H and O–H groups in total. The summed E-state index contributed by atoms with van der Waals surface area (Å²) in [6.07, 6.45) is 0. The van der Waals surface area contributed by atoms with Crippen LogP contribution in [0.5, 0.6) is 0 Å². The topological polar surface area (TPSA) is 48.0 Å². The molecule has 12 aromatic rings. The SMILES string of the molecule is c1ccc(-c2cc(-c3cccc(-c4c(-c5ccccc5)nn5c(-c6ccccc6)cc6ccccc6c45)c3)nc(-c3cccc4c3c3ccccc3n4-c3ccccc3)n2)cc1. The zero-order valence-electron chi connectivity index (χ0n) is 33.6. The Morgan fingerprint density at radius 3 is 1.71 bits per heavy atom. The Morgan fingerprint density at radius 1 is 0.387 bits per heavy atom. The van der Waals surface area contributed by atoms with E-state index < -0.39 is 0 Å². The lowest BCUT2D eigenvalue weighted by Crippen LogP contribution is -1.97. The summed E-state index contributed by atoms with van der Waals surface area (Å²) in [5, 5.41) is 10.0. The van der Waals surface area contributed by atoms with Gasteiger partial charge < -0.3 is 4.57 Å². The second kappa shape index (κ2) is 14.7. The number of benzene rings is 8. The Kier molecular flexibility index (Phi) is 8.42.